The van der Waals surface area contributed by atoms with Crippen molar-refractivity contribution in [1.29, 1.82) is 0 Å². The molecule has 0 unspecified atom stereocenters. The van der Waals surface area contributed by atoms with E-state index in [9.17, 15) is 0 Å². The minimum absolute atomic E-state index is 0.249. The summed E-state index contributed by atoms with van der Waals surface area (Å²) in [6, 6.07) is 4.16. The van der Waals surface area contributed by atoms with Crippen LogP contribution in [0.3, 0.4) is 0 Å². The first-order valence-corrected chi connectivity index (χ1v) is 5.27. The molecule has 0 amide bonds. The SMILES string of the molecule is CN(CCc1cccs1)CC(N)=NO. The molecule has 0 spiro atoms. The molecule has 4 nitrogen and oxygen atoms in total. The second-order valence-electron chi connectivity index (χ2n) is 3.16. The fourth-order valence-corrected chi connectivity index (χ4v) is 1.84. The van der Waals surface area contributed by atoms with Crippen molar-refractivity contribution >= 4 is 17.2 Å². The summed E-state index contributed by atoms with van der Waals surface area (Å²) in [4.78, 5) is 3.38. The van der Waals surface area contributed by atoms with Gasteiger partial charge >= 0.3 is 0 Å². The molecular formula is C9H15N3OS. The van der Waals surface area contributed by atoms with Crippen LogP contribution in [0.4, 0.5) is 0 Å². The second-order valence-corrected chi connectivity index (χ2v) is 4.19. The third kappa shape index (κ3) is 3.76. The molecule has 14 heavy (non-hydrogen) atoms. The molecule has 0 fully saturated rings. The van der Waals surface area contributed by atoms with Gasteiger partial charge in [-0.25, -0.2) is 0 Å². The van der Waals surface area contributed by atoms with Crippen LogP contribution in [-0.2, 0) is 6.42 Å². The summed E-state index contributed by atoms with van der Waals surface area (Å²) >= 11 is 1.75. The number of nitrogens with zero attached hydrogens (tertiary/aromatic N) is 2. The number of amidine groups is 1. The standard InChI is InChI=1S/C9H15N3OS/c1-12(7-9(10)11-13)5-4-8-3-2-6-14-8/h2-3,6,13H,4-5,7H2,1H3,(H2,10,11). The number of thiophene rings is 1. The largest absolute Gasteiger partial charge is 0.409 e. The van der Waals surface area contributed by atoms with Gasteiger partial charge in [0, 0.05) is 11.4 Å². The average molecular weight is 213 g/mol. The van der Waals surface area contributed by atoms with Crippen LogP contribution in [0.15, 0.2) is 22.7 Å². The lowest BCUT2D eigenvalue weighted by molar-refractivity contribution is 0.310. The Morgan fingerprint density at radius 2 is 2.50 bits per heavy atom. The summed E-state index contributed by atoms with van der Waals surface area (Å²) in [5.41, 5.74) is 5.38. The quantitative estimate of drug-likeness (QED) is 0.331. The van der Waals surface area contributed by atoms with Crippen molar-refractivity contribution in [2.75, 3.05) is 20.1 Å². The van der Waals surface area contributed by atoms with Crippen molar-refractivity contribution in [3.63, 3.8) is 0 Å². The predicted octanol–water partition coefficient (Wildman–Crippen LogP) is 0.969. The fourth-order valence-electron chi connectivity index (χ4n) is 1.14. The predicted molar refractivity (Wildman–Crippen MR) is 58.9 cm³/mol. The van der Waals surface area contributed by atoms with Gasteiger partial charge in [-0.3, -0.25) is 4.90 Å². The Hall–Kier alpha value is -1.07. The maximum absolute atomic E-state index is 8.37. The van der Waals surface area contributed by atoms with Gasteiger partial charge in [0.2, 0.25) is 0 Å². The van der Waals surface area contributed by atoms with E-state index < -0.39 is 0 Å². The Balaban J connectivity index is 2.25. The molecule has 0 saturated carbocycles. The molecule has 0 bridgehead atoms. The maximum atomic E-state index is 8.37. The van der Waals surface area contributed by atoms with Crippen LogP contribution >= 0.6 is 11.3 Å². The first-order chi connectivity index (χ1) is 6.72. The maximum Gasteiger partial charge on any atom is 0.153 e. The van der Waals surface area contributed by atoms with Crippen LogP contribution in [0.25, 0.3) is 0 Å². The Kier molecular flexibility index (Phi) is 4.42. The van der Waals surface area contributed by atoms with Crippen LogP contribution < -0.4 is 5.73 Å². The topological polar surface area (TPSA) is 61.8 Å². The summed E-state index contributed by atoms with van der Waals surface area (Å²) in [6.45, 7) is 1.42. The number of nitrogens with two attached hydrogens (primary N) is 1. The van der Waals surface area contributed by atoms with E-state index in [1.807, 2.05) is 18.0 Å². The first kappa shape index (κ1) is 11.0. The Morgan fingerprint density at radius 1 is 1.71 bits per heavy atom. The van der Waals surface area contributed by atoms with Crippen molar-refractivity contribution in [1.82, 2.24) is 4.90 Å². The van der Waals surface area contributed by atoms with E-state index in [0.29, 0.717) is 6.54 Å². The molecule has 78 valence electrons. The van der Waals surface area contributed by atoms with Crippen LogP contribution in [0.5, 0.6) is 0 Å². The summed E-state index contributed by atoms with van der Waals surface area (Å²) in [5, 5.41) is 13.4. The number of likely N-dealkylation sites (N-methyl/N-ethyl adjacent to an activating group) is 1. The fraction of sp³-hybridized carbons (Fsp3) is 0.444. The zero-order valence-electron chi connectivity index (χ0n) is 8.18. The van der Waals surface area contributed by atoms with E-state index in [4.69, 9.17) is 10.9 Å². The summed E-state index contributed by atoms with van der Waals surface area (Å²) in [7, 11) is 1.95. The van der Waals surface area contributed by atoms with E-state index >= 15 is 0 Å². The Morgan fingerprint density at radius 3 is 3.07 bits per heavy atom. The first-order valence-electron chi connectivity index (χ1n) is 4.39. The monoisotopic (exact) mass is 213 g/mol. The molecule has 1 aromatic heterocycles. The smallest absolute Gasteiger partial charge is 0.153 e. The molecular weight excluding hydrogens is 198 g/mol. The van der Waals surface area contributed by atoms with E-state index in [0.717, 1.165) is 13.0 Å². The van der Waals surface area contributed by atoms with Gasteiger partial charge < -0.3 is 10.9 Å². The molecule has 0 atom stereocenters. The molecule has 0 aliphatic rings. The third-order valence-electron chi connectivity index (χ3n) is 1.88. The van der Waals surface area contributed by atoms with Crippen molar-refractivity contribution < 1.29 is 5.21 Å². The summed E-state index contributed by atoms with van der Waals surface area (Å²) in [5.74, 6) is 0.249. The van der Waals surface area contributed by atoms with Gasteiger partial charge in [0.1, 0.15) is 0 Å². The van der Waals surface area contributed by atoms with Crippen LogP contribution in [0.2, 0.25) is 0 Å². The third-order valence-corrected chi connectivity index (χ3v) is 2.82. The minimum Gasteiger partial charge on any atom is -0.409 e. The highest BCUT2D eigenvalue weighted by Gasteiger charge is 2.02. The Bertz CT molecular complexity index is 284. The molecule has 0 saturated heterocycles. The summed E-state index contributed by atoms with van der Waals surface area (Å²) in [6.07, 6.45) is 1.01. The number of hydrogen-bond acceptors (Lipinski definition) is 4. The molecule has 0 radical (unpaired) electrons. The van der Waals surface area contributed by atoms with E-state index in [-0.39, 0.29) is 5.84 Å². The van der Waals surface area contributed by atoms with Crippen molar-refractivity contribution in [2.24, 2.45) is 10.9 Å². The van der Waals surface area contributed by atoms with Gasteiger partial charge in [-0.05, 0) is 24.9 Å². The average Bonchev–Trinajstić information content (AvgIpc) is 2.67. The normalized spacial score (nSPS) is 12.3. The molecule has 0 aromatic carbocycles. The van der Waals surface area contributed by atoms with Gasteiger partial charge in [-0.1, -0.05) is 11.2 Å². The molecule has 1 rings (SSSR count). The van der Waals surface area contributed by atoms with E-state index in [1.54, 1.807) is 11.3 Å². The lowest BCUT2D eigenvalue weighted by Gasteiger charge is -2.14. The van der Waals surface area contributed by atoms with Crippen molar-refractivity contribution in [3.05, 3.63) is 22.4 Å². The molecule has 0 aliphatic heterocycles. The lowest BCUT2D eigenvalue weighted by atomic mass is 10.3. The molecule has 1 heterocycles. The molecule has 3 N–H and O–H groups in total. The van der Waals surface area contributed by atoms with Gasteiger partial charge in [0.05, 0.1) is 6.54 Å². The van der Waals surface area contributed by atoms with E-state index in [1.165, 1.54) is 4.88 Å². The molecule has 5 heteroatoms. The minimum atomic E-state index is 0.249. The highest BCUT2D eigenvalue weighted by molar-refractivity contribution is 7.09. The van der Waals surface area contributed by atoms with E-state index in [2.05, 4.69) is 16.6 Å². The number of rotatable bonds is 5. The molecule has 0 aliphatic carbocycles. The van der Waals surface area contributed by atoms with Gasteiger partial charge in [0.15, 0.2) is 5.84 Å². The van der Waals surface area contributed by atoms with Gasteiger partial charge in [0.25, 0.3) is 0 Å². The van der Waals surface area contributed by atoms with Crippen LogP contribution in [0, 0.1) is 0 Å². The molecule has 1 aromatic rings. The highest BCUT2D eigenvalue weighted by Crippen LogP contribution is 2.09. The zero-order chi connectivity index (χ0) is 10.4. The van der Waals surface area contributed by atoms with Crippen LogP contribution in [-0.4, -0.2) is 36.1 Å². The Labute approximate surface area is 87.6 Å². The second kappa shape index (κ2) is 5.62. The highest BCUT2D eigenvalue weighted by atomic mass is 32.1. The lowest BCUT2D eigenvalue weighted by Crippen LogP contribution is -2.32. The van der Waals surface area contributed by atoms with Crippen molar-refractivity contribution in [2.45, 2.75) is 6.42 Å². The van der Waals surface area contributed by atoms with Gasteiger partial charge in [-0.15, -0.1) is 11.3 Å². The van der Waals surface area contributed by atoms with Crippen molar-refractivity contribution in [3.8, 4) is 0 Å². The summed E-state index contributed by atoms with van der Waals surface area (Å²) < 4.78 is 0. The van der Waals surface area contributed by atoms with Crippen LogP contribution in [0.1, 0.15) is 4.88 Å². The van der Waals surface area contributed by atoms with Gasteiger partial charge in [-0.2, -0.15) is 0 Å². The zero-order valence-corrected chi connectivity index (χ0v) is 9.00. The number of hydrogen-bond donors (Lipinski definition) is 2. The number of oxime groups is 1.